The van der Waals surface area contributed by atoms with Crippen LogP contribution in [0.3, 0.4) is 0 Å². The summed E-state index contributed by atoms with van der Waals surface area (Å²) >= 11 is 0. The first-order chi connectivity index (χ1) is 30.1. The number of rotatable bonds is 10. The van der Waals surface area contributed by atoms with Gasteiger partial charge in [-0.2, -0.15) is 15.3 Å². The highest BCUT2D eigenvalue weighted by molar-refractivity contribution is 6.08. The number of ether oxygens (including phenoxy) is 2. The number of benzene rings is 1. The van der Waals surface area contributed by atoms with E-state index in [-0.39, 0.29) is 47.7 Å². The van der Waals surface area contributed by atoms with Crippen LogP contribution in [-0.4, -0.2) is 115 Å². The fourth-order valence-corrected chi connectivity index (χ4v) is 9.43. The molecule has 18 heteroatoms. The van der Waals surface area contributed by atoms with Gasteiger partial charge < -0.3 is 24.6 Å². The number of morpholine rings is 1. The van der Waals surface area contributed by atoms with Crippen LogP contribution in [0.5, 0.6) is 0 Å². The SMILES string of the molecule is Cc1nn(C2CCC(=O)NC2=O)c2cccc(C#CCOC3CCN(CC4CCC(n5cc(NC(=O)c6cnn7ccc(N8CCOC[C@@H]8C)nc67)c(C(F)F)n5)CC4)CC3)c12. The first kappa shape index (κ1) is 41.6. The second kappa shape index (κ2) is 17.9. The number of hydrogen-bond donors (Lipinski definition) is 2. The molecule has 62 heavy (non-hydrogen) atoms. The molecule has 0 spiro atoms. The Morgan fingerprint density at radius 1 is 1.06 bits per heavy atom. The zero-order chi connectivity index (χ0) is 42.9. The maximum atomic E-state index is 14.3. The van der Waals surface area contributed by atoms with Crippen molar-refractivity contribution in [3.05, 3.63) is 65.4 Å². The summed E-state index contributed by atoms with van der Waals surface area (Å²) in [7, 11) is 0. The second-order valence-electron chi connectivity index (χ2n) is 16.9. The smallest absolute Gasteiger partial charge is 0.284 e. The number of imide groups is 1. The van der Waals surface area contributed by atoms with Crippen molar-refractivity contribution in [2.24, 2.45) is 5.92 Å². The Hall–Kier alpha value is -5.77. The van der Waals surface area contributed by atoms with E-state index >= 15 is 0 Å². The number of aromatic nitrogens is 7. The average molecular weight is 852 g/mol. The summed E-state index contributed by atoms with van der Waals surface area (Å²) in [4.78, 5) is 47.1. The summed E-state index contributed by atoms with van der Waals surface area (Å²) in [6.07, 6.45) is 8.02. The molecule has 4 fully saturated rings. The number of carbonyl (C=O) groups excluding carboxylic acids is 3. The van der Waals surface area contributed by atoms with Crippen molar-refractivity contribution in [2.45, 2.75) is 95.9 Å². The van der Waals surface area contributed by atoms with Gasteiger partial charge in [0.15, 0.2) is 11.3 Å². The highest BCUT2D eigenvalue weighted by atomic mass is 19.3. The van der Waals surface area contributed by atoms with E-state index in [1.807, 2.05) is 38.1 Å². The summed E-state index contributed by atoms with van der Waals surface area (Å²) in [5.74, 6) is 6.47. The van der Waals surface area contributed by atoms with Gasteiger partial charge in [-0.25, -0.2) is 18.3 Å². The Labute approximate surface area is 357 Å². The molecule has 3 amide bonds. The molecule has 1 aromatic carbocycles. The molecular weight excluding hydrogens is 801 g/mol. The molecule has 2 N–H and O–H groups in total. The number of carbonyl (C=O) groups is 3. The second-order valence-corrected chi connectivity index (χ2v) is 16.9. The minimum Gasteiger partial charge on any atom is -0.377 e. The van der Waals surface area contributed by atoms with Gasteiger partial charge in [0.25, 0.3) is 18.2 Å². The summed E-state index contributed by atoms with van der Waals surface area (Å²) < 4.78 is 45.1. The van der Waals surface area contributed by atoms with Crippen LogP contribution in [0.1, 0.15) is 104 Å². The molecule has 1 unspecified atom stereocenters. The lowest BCUT2D eigenvalue weighted by atomic mass is 9.85. The third-order valence-electron chi connectivity index (χ3n) is 12.7. The van der Waals surface area contributed by atoms with Gasteiger partial charge in [-0.15, -0.1) is 0 Å². The molecule has 7 heterocycles. The molecule has 4 aliphatic rings. The summed E-state index contributed by atoms with van der Waals surface area (Å²) in [6.45, 7) is 8.93. The van der Waals surface area contributed by atoms with Gasteiger partial charge >= 0.3 is 0 Å². The number of anilines is 2. The van der Waals surface area contributed by atoms with Crippen LogP contribution >= 0.6 is 0 Å². The van der Waals surface area contributed by atoms with Crippen molar-refractivity contribution in [1.82, 2.24) is 44.4 Å². The molecule has 0 radical (unpaired) electrons. The van der Waals surface area contributed by atoms with E-state index in [2.05, 4.69) is 47.6 Å². The molecule has 3 saturated heterocycles. The van der Waals surface area contributed by atoms with Gasteiger partial charge in [0.05, 0.1) is 54.5 Å². The number of likely N-dealkylation sites (tertiary alicyclic amines) is 1. The Balaban J connectivity index is 0.745. The number of hydrogen-bond acceptors (Lipinski definition) is 11. The molecule has 4 aromatic heterocycles. The van der Waals surface area contributed by atoms with E-state index in [4.69, 9.17) is 14.5 Å². The van der Waals surface area contributed by atoms with Gasteiger partial charge in [-0.3, -0.25) is 29.1 Å². The number of piperidine rings is 2. The average Bonchev–Trinajstić information content (AvgIpc) is 3.99. The Morgan fingerprint density at radius 2 is 1.89 bits per heavy atom. The maximum Gasteiger partial charge on any atom is 0.284 e. The minimum atomic E-state index is -2.86. The number of nitrogens with zero attached hydrogens (tertiary/aromatic N) is 9. The molecule has 1 saturated carbocycles. The molecular formula is C44H51F2N11O5. The van der Waals surface area contributed by atoms with Gasteiger partial charge in [0, 0.05) is 55.9 Å². The monoisotopic (exact) mass is 851 g/mol. The Bertz CT molecular complexity index is 2530. The summed E-state index contributed by atoms with van der Waals surface area (Å²) in [6, 6.07) is 7.16. The largest absolute Gasteiger partial charge is 0.377 e. The topological polar surface area (TPSA) is 166 Å². The molecule has 326 valence electrons. The highest BCUT2D eigenvalue weighted by Crippen LogP contribution is 2.36. The van der Waals surface area contributed by atoms with Crippen molar-refractivity contribution in [3.63, 3.8) is 0 Å². The van der Waals surface area contributed by atoms with Crippen molar-refractivity contribution in [1.29, 1.82) is 0 Å². The third-order valence-corrected chi connectivity index (χ3v) is 12.7. The zero-order valence-corrected chi connectivity index (χ0v) is 34.9. The van der Waals surface area contributed by atoms with Crippen molar-refractivity contribution in [2.75, 3.05) is 56.2 Å². The molecule has 0 bridgehead atoms. The summed E-state index contributed by atoms with van der Waals surface area (Å²) in [5, 5.41) is 19.2. The number of fused-ring (bicyclic) bond motifs is 2. The fraction of sp³-hybridized carbons (Fsp3) is 0.523. The van der Waals surface area contributed by atoms with E-state index in [0.717, 1.165) is 80.3 Å². The lowest BCUT2D eigenvalue weighted by Crippen LogP contribution is -2.44. The zero-order valence-electron chi connectivity index (χ0n) is 34.9. The quantitative estimate of drug-likeness (QED) is 0.139. The molecule has 3 aliphatic heterocycles. The number of alkyl halides is 2. The van der Waals surface area contributed by atoms with E-state index in [1.54, 1.807) is 21.8 Å². The van der Waals surface area contributed by atoms with E-state index < -0.39 is 24.1 Å². The van der Waals surface area contributed by atoms with Gasteiger partial charge in [0.2, 0.25) is 5.91 Å². The number of aryl methyl sites for hydroxylation is 1. The van der Waals surface area contributed by atoms with Crippen LogP contribution in [0.2, 0.25) is 0 Å². The molecule has 5 aromatic rings. The van der Waals surface area contributed by atoms with Crippen molar-refractivity contribution < 1.29 is 32.6 Å². The molecule has 1 aliphatic carbocycles. The first-order valence-corrected chi connectivity index (χ1v) is 21.6. The van der Waals surface area contributed by atoms with Crippen LogP contribution in [-0.2, 0) is 19.1 Å². The lowest BCUT2D eigenvalue weighted by molar-refractivity contribution is -0.135. The van der Waals surface area contributed by atoms with E-state index in [9.17, 15) is 23.2 Å². The predicted molar refractivity (Wildman–Crippen MR) is 225 cm³/mol. The molecule has 9 rings (SSSR count). The van der Waals surface area contributed by atoms with Crippen LogP contribution in [0.15, 0.2) is 42.9 Å². The van der Waals surface area contributed by atoms with Gasteiger partial charge in [-0.05, 0) is 82.9 Å². The summed E-state index contributed by atoms with van der Waals surface area (Å²) in [5.41, 5.74) is 2.49. The predicted octanol–water partition coefficient (Wildman–Crippen LogP) is 5.24. The van der Waals surface area contributed by atoms with Crippen LogP contribution in [0.25, 0.3) is 16.6 Å². The van der Waals surface area contributed by atoms with Crippen LogP contribution in [0.4, 0.5) is 20.3 Å². The van der Waals surface area contributed by atoms with Crippen molar-refractivity contribution in [3.8, 4) is 11.8 Å². The minimum absolute atomic E-state index is 0.00741. The third kappa shape index (κ3) is 8.66. The Morgan fingerprint density at radius 3 is 2.66 bits per heavy atom. The normalized spacial score (nSPS) is 22.9. The van der Waals surface area contributed by atoms with Crippen molar-refractivity contribution >= 4 is 45.8 Å². The number of halogens is 2. The molecule has 16 nitrogen and oxygen atoms in total. The molecule has 2 atom stereocenters. The Kier molecular flexibility index (Phi) is 12.0. The van der Waals surface area contributed by atoms with E-state index in [0.29, 0.717) is 50.2 Å². The highest BCUT2D eigenvalue weighted by Gasteiger charge is 2.32. The lowest BCUT2D eigenvalue weighted by Gasteiger charge is -2.36. The number of amides is 3. The van der Waals surface area contributed by atoms with Crippen LogP contribution < -0.4 is 15.5 Å². The maximum absolute atomic E-state index is 14.3. The van der Waals surface area contributed by atoms with Crippen LogP contribution in [0, 0.1) is 24.7 Å². The fourth-order valence-electron chi connectivity index (χ4n) is 9.43. The van der Waals surface area contributed by atoms with Gasteiger partial charge in [-0.1, -0.05) is 17.9 Å². The van der Waals surface area contributed by atoms with E-state index in [1.165, 1.54) is 10.7 Å². The number of nitrogens with one attached hydrogen (secondary N) is 2. The van der Waals surface area contributed by atoms with Gasteiger partial charge in [0.1, 0.15) is 24.0 Å². The first-order valence-electron chi connectivity index (χ1n) is 21.6. The standard InChI is InChI=1S/C44H51F2N11O5/c1-27-26-61-22-20-54(27)37-16-19-55-42(49-37)33(23-47-55)43(59)48-34-25-56(52-40(34)41(45)46)31-10-8-29(9-11-31)24-53-17-14-32(15-18-53)62-21-4-6-30-5-3-7-35-39(30)28(2)51-57(35)36-12-13-38(58)50-44(36)60/h3,5,7,16,19,23,25,27,29,31-32,36,41H,8-15,17-18,20-22,24,26H2,1-2H3,(H,48,59)(H,50,58,60)/t27-,29?,31?,36?/m0/s1.